The summed E-state index contributed by atoms with van der Waals surface area (Å²) in [6, 6.07) is 4.24. The van der Waals surface area contributed by atoms with Crippen molar-refractivity contribution in [1.82, 2.24) is 4.90 Å². The third kappa shape index (κ3) is 4.05. The van der Waals surface area contributed by atoms with E-state index in [1.807, 2.05) is 0 Å². The Kier molecular flexibility index (Phi) is 4.48. The Labute approximate surface area is 104 Å². The fourth-order valence-corrected chi connectivity index (χ4v) is 1.46. The van der Waals surface area contributed by atoms with E-state index in [2.05, 4.69) is 5.32 Å². The number of hydrogen-bond donors (Lipinski definition) is 2. The first kappa shape index (κ1) is 13.5. The lowest BCUT2D eigenvalue weighted by atomic mass is 10.2. The number of amides is 1. The fourth-order valence-electron chi connectivity index (χ4n) is 1.28. The molecule has 1 amide bonds. The molecule has 0 atom stereocenters. The number of carboxylic acids is 1. The molecular weight excluding hydrogens is 244 g/mol. The summed E-state index contributed by atoms with van der Waals surface area (Å²) in [6.07, 6.45) is 0. The number of nitrogens with zero attached hydrogens (tertiary/aromatic N) is 1. The number of carboxylic acid groups (broad SMARTS) is 1. The molecule has 6 heteroatoms. The molecule has 5 nitrogen and oxygen atoms in total. The van der Waals surface area contributed by atoms with E-state index in [0.717, 1.165) is 0 Å². The first-order chi connectivity index (χ1) is 7.90. The second kappa shape index (κ2) is 5.65. The minimum absolute atomic E-state index is 0.0153. The van der Waals surface area contributed by atoms with Crippen LogP contribution < -0.4 is 5.32 Å². The van der Waals surface area contributed by atoms with Crippen LogP contribution in [0.5, 0.6) is 0 Å². The van der Waals surface area contributed by atoms with Crippen LogP contribution in [-0.2, 0) is 4.79 Å². The van der Waals surface area contributed by atoms with Gasteiger partial charge in [-0.1, -0.05) is 11.6 Å². The molecule has 0 bridgehead atoms. The molecule has 0 unspecified atom stereocenters. The van der Waals surface area contributed by atoms with E-state index in [-0.39, 0.29) is 23.7 Å². The highest BCUT2D eigenvalue weighted by Crippen LogP contribution is 2.21. The van der Waals surface area contributed by atoms with E-state index in [0.29, 0.717) is 5.02 Å². The average molecular weight is 257 g/mol. The van der Waals surface area contributed by atoms with E-state index in [9.17, 15) is 9.59 Å². The lowest BCUT2D eigenvalue weighted by molar-refractivity contribution is -0.116. The van der Waals surface area contributed by atoms with Gasteiger partial charge in [0.15, 0.2) is 0 Å². The molecule has 0 aliphatic heterocycles. The zero-order valence-corrected chi connectivity index (χ0v) is 10.3. The van der Waals surface area contributed by atoms with Crippen molar-refractivity contribution in [3.63, 3.8) is 0 Å². The van der Waals surface area contributed by atoms with Crippen LogP contribution in [0.25, 0.3) is 0 Å². The maximum Gasteiger partial charge on any atom is 0.337 e. The topological polar surface area (TPSA) is 69.6 Å². The molecule has 0 aliphatic rings. The van der Waals surface area contributed by atoms with Gasteiger partial charge in [0, 0.05) is 5.02 Å². The summed E-state index contributed by atoms with van der Waals surface area (Å²) in [5, 5.41) is 11.8. The number of halogens is 1. The highest BCUT2D eigenvalue weighted by Gasteiger charge is 2.13. The first-order valence-corrected chi connectivity index (χ1v) is 5.25. The molecule has 92 valence electrons. The normalized spacial score (nSPS) is 10.4. The second-order valence-corrected chi connectivity index (χ2v) is 4.22. The van der Waals surface area contributed by atoms with Crippen LogP contribution in [0.15, 0.2) is 18.2 Å². The molecule has 0 aromatic heterocycles. The van der Waals surface area contributed by atoms with Crippen molar-refractivity contribution >= 4 is 29.2 Å². The first-order valence-electron chi connectivity index (χ1n) is 4.87. The molecule has 17 heavy (non-hydrogen) atoms. The van der Waals surface area contributed by atoms with Crippen molar-refractivity contribution in [2.45, 2.75) is 0 Å². The van der Waals surface area contributed by atoms with Gasteiger partial charge >= 0.3 is 5.97 Å². The van der Waals surface area contributed by atoms with Gasteiger partial charge in [-0.15, -0.1) is 0 Å². The lowest BCUT2D eigenvalue weighted by Crippen LogP contribution is -2.27. The highest BCUT2D eigenvalue weighted by molar-refractivity contribution is 6.31. The summed E-state index contributed by atoms with van der Waals surface area (Å²) < 4.78 is 0. The zero-order valence-electron chi connectivity index (χ0n) is 9.53. The smallest absolute Gasteiger partial charge is 0.337 e. The number of anilines is 1. The molecule has 2 N–H and O–H groups in total. The SMILES string of the molecule is CN(C)CC(=O)Nc1cc(Cl)ccc1C(=O)O. The monoisotopic (exact) mass is 256 g/mol. The molecular formula is C11H13ClN2O3. The number of aromatic carboxylic acids is 1. The van der Waals surface area contributed by atoms with Crippen molar-refractivity contribution in [3.05, 3.63) is 28.8 Å². The molecule has 0 saturated heterocycles. The minimum atomic E-state index is -1.11. The predicted octanol–water partition coefficient (Wildman–Crippen LogP) is 1.54. The molecule has 0 fully saturated rings. The second-order valence-electron chi connectivity index (χ2n) is 3.78. The number of hydrogen-bond acceptors (Lipinski definition) is 3. The van der Waals surface area contributed by atoms with E-state index < -0.39 is 5.97 Å². The predicted molar refractivity (Wildman–Crippen MR) is 65.6 cm³/mol. The molecule has 0 heterocycles. The summed E-state index contributed by atoms with van der Waals surface area (Å²) >= 11 is 5.76. The Morgan fingerprint density at radius 1 is 1.41 bits per heavy atom. The molecule has 0 aliphatic carbocycles. The van der Waals surface area contributed by atoms with Gasteiger partial charge in [-0.05, 0) is 32.3 Å². The van der Waals surface area contributed by atoms with Crippen molar-refractivity contribution in [2.75, 3.05) is 26.0 Å². The third-order valence-electron chi connectivity index (χ3n) is 1.95. The summed E-state index contributed by atoms with van der Waals surface area (Å²) in [7, 11) is 3.49. The third-order valence-corrected chi connectivity index (χ3v) is 2.18. The summed E-state index contributed by atoms with van der Waals surface area (Å²) in [4.78, 5) is 24.1. The Morgan fingerprint density at radius 3 is 2.59 bits per heavy atom. The Balaban J connectivity index is 2.92. The van der Waals surface area contributed by atoms with Crippen LogP contribution in [0.4, 0.5) is 5.69 Å². The molecule has 1 aromatic rings. The Hall–Kier alpha value is -1.59. The Morgan fingerprint density at radius 2 is 2.06 bits per heavy atom. The Bertz CT molecular complexity index is 446. The van der Waals surface area contributed by atoms with Crippen LogP contribution in [0.3, 0.4) is 0 Å². The lowest BCUT2D eigenvalue weighted by Gasteiger charge is -2.12. The molecule has 0 saturated carbocycles. The maximum atomic E-state index is 11.5. The largest absolute Gasteiger partial charge is 0.478 e. The van der Waals surface area contributed by atoms with Gasteiger partial charge in [0.1, 0.15) is 0 Å². The maximum absolute atomic E-state index is 11.5. The zero-order chi connectivity index (χ0) is 13.0. The van der Waals surface area contributed by atoms with Gasteiger partial charge in [0.2, 0.25) is 5.91 Å². The van der Waals surface area contributed by atoms with Crippen molar-refractivity contribution in [1.29, 1.82) is 0 Å². The number of benzene rings is 1. The quantitative estimate of drug-likeness (QED) is 0.857. The number of likely N-dealkylation sites (N-methyl/N-ethyl adjacent to an activating group) is 1. The number of rotatable bonds is 4. The van der Waals surface area contributed by atoms with Gasteiger partial charge in [-0.3, -0.25) is 4.79 Å². The van der Waals surface area contributed by atoms with Gasteiger partial charge in [0.25, 0.3) is 0 Å². The fraction of sp³-hybridized carbons (Fsp3) is 0.273. The van der Waals surface area contributed by atoms with E-state index >= 15 is 0 Å². The van der Waals surface area contributed by atoms with Crippen LogP contribution in [0.2, 0.25) is 5.02 Å². The summed E-state index contributed by atoms with van der Waals surface area (Å²) in [6.45, 7) is 0.172. The number of nitrogens with one attached hydrogen (secondary N) is 1. The van der Waals surface area contributed by atoms with Crippen molar-refractivity contribution in [2.24, 2.45) is 0 Å². The van der Waals surface area contributed by atoms with E-state index in [4.69, 9.17) is 16.7 Å². The molecule has 1 aromatic carbocycles. The van der Waals surface area contributed by atoms with Crippen molar-refractivity contribution in [3.8, 4) is 0 Å². The summed E-state index contributed by atoms with van der Waals surface area (Å²) in [5.74, 6) is -1.40. The van der Waals surface area contributed by atoms with Gasteiger partial charge in [0.05, 0.1) is 17.8 Å². The molecule has 0 radical (unpaired) electrons. The van der Waals surface area contributed by atoms with E-state index in [1.54, 1.807) is 19.0 Å². The number of carbonyl (C=O) groups is 2. The van der Waals surface area contributed by atoms with Crippen LogP contribution >= 0.6 is 11.6 Å². The van der Waals surface area contributed by atoms with Crippen molar-refractivity contribution < 1.29 is 14.7 Å². The minimum Gasteiger partial charge on any atom is -0.478 e. The van der Waals surface area contributed by atoms with Gasteiger partial charge in [-0.2, -0.15) is 0 Å². The van der Waals surface area contributed by atoms with Crippen LogP contribution in [0.1, 0.15) is 10.4 Å². The number of carbonyl (C=O) groups excluding carboxylic acids is 1. The summed E-state index contributed by atoms with van der Waals surface area (Å²) in [5.41, 5.74) is 0.221. The van der Waals surface area contributed by atoms with Crippen LogP contribution in [0, 0.1) is 0 Å². The highest BCUT2D eigenvalue weighted by atomic mass is 35.5. The van der Waals surface area contributed by atoms with E-state index in [1.165, 1.54) is 18.2 Å². The standard InChI is InChI=1S/C11H13ClN2O3/c1-14(2)6-10(15)13-9-5-7(12)3-4-8(9)11(16)17/h3-5H,6H2,1-2H3,(H,13,15)(H,16,17). The van der Waals surface area contributed by atoms with Gasteiger partial charge in [-0.25, -0.2) is 4.79 Å². The van der Waals surface area contributed by atoms with Crippen LogP contribution in [-0.4, -0.2) is 42.5 Å². The van der Waals surface area contributed by atoms with Gasteiger partial charge < -0.3 is 15.3 Å². The molecule has 0 spiro atoms. The average Bonchev–Trinajstić information content (AvgIpc) is 2.15. The molecule has 1 rings (SSSR count).